The Morgan fingerprint density at radius 3 is 2.58 bits per heavy atom. The number of imidazole rings is 1. The molecule has 136 valence electrons. The van der Waals surface area contributed by atoms with Crippen molar-refractivity contribution in [3.05, 3.63) is 54.4 Å². The number of carbonyl (C=O) groups is 1. The van der Waals surface area contributed by atoms with Crippen molar-refractivity contribution in [3.8, 4) is 5.75 Å². The number of nitrogens with zero attached hydrogens (tertiary/aromatic N) is 2. The molecule has 0 radical (unpaired) electrons. The number of para-hydroxylation sites is 4. The molecule has 0 bridgehead atoms. The predicted molar refractivity (Wildman–Crippen MR) is 90.9 cm³/mol. The number of ether oxygens (including phenoxy) is 1. The normalized spacial score (nSPS) is 11.5. The molecule has 0 saturated carbocycles. The summed E-state index contributed by atoms with van der Waals surface area (Å²) in [6, 6.07) is 12.8. The third-order valence-corrected chi connectivity index (χ3v) is 3.74. The van der Waals surface area contributed by atoms with Crippen LogP contribution in [0.25, 0.3) is 11.0 Å². The van der Waals surface area contributed by atoms with Gasteiger partial charge in [-0.2, -0.15) is 0 Å². The summed E-state index contributed by atoms with van der Waals surface area (Å²) in [5.41, 5.74) is 1.51. The van der Waals surface area contributed by atoms with Crippen LogP contribution in [0, 0.1) is 0 Å². The molecular formula is C18H16F3N3O2. The summed E-state index contributed by atoms with van der Waals surface area (Å²) in [6.45, 7) is 1.85. The summed E-state index contributed by atoms with van der Waals surface area (Å²) >= 11 is 0. The molecule has 0 aliphatic heterocycles. The molecule has 0 atom stereocenters. The first-order valence-corrected chi connectivity index (χ1v) is 7.96. The molecule has 1 heterocycles. The van der Waals surface area contributed by atoms with Gasteiger partial charge in [-0.15, -0.1) is 13.2 Å². The van der Waals surface area contributed by atoms with Crippen molar-refractivity contribution in [1.82, 2.24) is 9.55 Å². The molecule has 0 saturated heterocycles. The predicted octanol–water partition coefficient (Wildman–Crippen LogP) is 4.14. The first-order chi connectivity index (χ1) is 12.4. The Labute approximate surface area is 147 Å². The number of aryl methyl sites for hydroxylation is 1. The topological polar surface area (TPSA) is 56.2 Å². The highest BCUT2D eigenvalue weighted by molar-refractivity contribution is 5.93. The lowest BCUT2D eigenvalue weighted by molar-refractivity contribution is -0.274. The van der Waals surface area contributed by atoms with Crippen molar-refractivity contribution >= 4 is 22.6 Å². The van der Waals surface area contributed by atoms with E-state index in [1.165, 1.54) is 18.2 Å². The highest BCUT2D eigenvalue weighted by Gasteiger charge is 2.32. The van der Waals surface area contributed by atoms with Crippen LogP contribution < -0.4 is 10.1 Å². The summed E-state index contributed by atoms with van der Waals surface area (Å²) < 4.78 is 43.2. The van der Waals surface area contributed by atoms with Gasteiger partial charge in [0, 0.05) is 6.42 Å². The number of aromatic nitrogens is 2. The van der Waals surface area contributed by atoms with E-state index in [0.29, 0.717) is 6.42 Å². The quantitative estimate of drug-likeness (QED) is 0.741. The largest absolute Gasteiger partial charge is 0.573 e. The second-order valence-electron chi connectivity index (χ2n) is 5.55. The van der Waals surface area contributed by atoms with E-state index in [4.69, 9.17) is 0 Å². The van der Waals surface area contributed by atoms with E-state index in [9.17, 15) is 18.0 Å². The molecule has 0 fully saturated rings. The fraction of sp³-hybridized carbons (Fsp3) is 0.222. The van der Waals surface area contributed by atoms with Gasteiger partial charge in [-0.3, -0.25) is 4.79 Å². The van der Waals surface area contributed by atoms with Gasteiger partial charge in [-0.1, -0.05) is 31.2 Å². The molecule has 3 rings (SSSR count). The molecular weight excluding hydrogens is 347 g/mol. The minimum absolute atomic E-state index is 0.0442. The van der Waals surface area contributed by atoms with E-state index < -0.39 is 18.0 Å². The number of fused-ring (bicyclic) bond motifs is 1. The molecule has 2 aromatic carbocycles. The van der Waals surface area contributed by atoms with Crippen LogP contribution in [0.3, 0.4) is 0 Å². The van der Waals surface area contributed by atoms with Gasteiger partial charge in [0.25, 0.3) is 0 Å². The highest BCUT2D eigenvalue weighted by atomic mass is 19.4. The molecule has 8 heteroatoms. The Morgan fingerprint density at radius 1 is 1.15 bits per heavy atom. The van der Waals surface area contributed by atoms with Crippen LogP contribution in [0.15, 0.2) is 48.5 Å². The van der Waals surface area contributed by atoms with Crippen LogP contribution in [0.4, 0.5) is 18.9 Å². The third kappa shape index (κ3) is 3.96. The minimum atomic E-state index is -4.84. The van der Waals surface area contributed by atoms with Crippen molar-refractivity contribution in [1.29, 1.82) is 0 Å². The van der Waals surface area contributed by atoms with Crippen molar-refractivity contribution in [2.45, 2.75) is 26.3 Å². The van der Waals surface area contributed by atoms with Crippen LogP contribution in [0.2, 0.25) is 0 Å². The molecule has 0 aliphatic rings. The molecule has 5 nitrogen and oxygen atoms in total. The number of alkyl halides is 3. The maximum Gasteiger partial charge on any atom is 0.573 e. The Hall–Kier alpha value is -3.03. The second kappa shape index (κ2) is 7.07. The Bertz CT molecular complexity index is 935. The maximum atomic E-state index is 12.5. The Balaban J connectivity index is 1.83. The van der Waals surface area contributed by atoms with Gasteiger partial charge in [0.2, 0.25) is 5.91 Å². The van der Waals surface area contributed by atoms with Crippen molar-refractivity contribution in [2.24, 2.45) is 0 Å². The van der Waals surface area contributed by atoms with Crippen LogP contribution in [-0.2, 0) is 17.8 Å². The molecule has 1 amide bonds. The van der Waals surface area contributed by atoms with E-state index >= 15 is 0 Å². The van der Waals surface area contributed by atoms with Crippen molar-refractivity contribution < 1.29 is 22.7 Å². The average Bonchev–Trinajstić information content (AvgIpc) is 2.93. The van der Waals surface area contributed by atoms with E-state index in [1.807, 2.05) is 31.2 Å². The summed E-state index contributed by atoms with van der Waals surface area (Å²) in [5, 5.41) is 2.47. The number of nitrogens with one attached hydrogen (secondary N) is 1. The van der Waals surface area contributed by atoms with Gasteiger partial charge in [-0.05, 0) is 24.3 Å². The summed E-state index contributed by atoms with van der Waals surface area (Å²) in [7, 11) is 0. The lowest BCUT2D eigenvalue weighted by Gasteiger charge is -2.14. The van der Waals surface area contributed by atoms with Crippen LogP contribution in [0.5, 0.6) is 5.75 Å². The fourth-order valence-corrected chi connectivity index (χ4v) is 2.69. The monoisotopic (exact) mass is 363 g/mol. The average molecular weight is 363 g/mol. The fourth-order valence-electron chi connectivity index (χ4n) is 2.69. The van der Waals surface area contributed by atoms with E-state index in [2.05, 4.69) is 15.0 Å². The highest BCUT2D eigenvalue weighted by Crippen LogP contribution is 2.30. The third-order valence-electron chi connectivity index (χ3n) is 3.74. The number of benzene rings is 2. The van der Waals surface area contributed by atoms with Gasteiger partial charge < -0.3 is 14.6 Å². The number of rotatable bonds is 5. The molecule has 0 spiro atoms. The number of hydrogen-bond donors (Lipinski definition) is 1. The molecule has 1 aromatic heterocycles. The summed E-state index contributed by atoms with van der Waals surface area (Å²) in [4.78, 5) is 16.9. The SMILES string of the molecule is CCc1nc2ccccc2n1CC(=O)Nc1ccccc1OC(F)(F)F. The summed E-state index contributed by atoms with van der Waals surface area (Å²) in [5.74, 6) is -0.207. The molecule has 1 N–H and O–H groups in total. The first kappa shape index (κ1) is 17.8. The number of halogens is 3. The number of hydrogen-bond acceptors (Lipinski definition) is 3. The number of carbonyl (C=O) groups excluding carboxylic acids is 1. The van der Waals surface area contributed by atoms with Crippen LogP contribution in [0.1, 0.15) is 12.7 Å². The van der Waals surface area contributed by atoms with Gasteiger partial charge in [-0.25, -0.2) is 4.98 Å². The Morgan fingerprint density at radius 2 is 1.85 bits per heavy atom. The molecule has 0 unspecified atom stereocenters. The zero-order valence-corrected chi connectivity index (χ0v) is 13.9. The zero-order valence-electron chi connectivity index (χ0n) is 13.9. The second-order valence-corrected chi connectivity index (χ2v) is 5.55. The lowest BCUT2D eigenvalue weighted by Crippen LogP contribution is -2.22. The van der Waals surface area contributed by atoms with E-state index in [-0.39, 0.29) is 12.2 Å². The zero-order chi connectivity index (χ0) is 18.7. The number of amides is 1. The van der Waals surface area contributed by atoms with Crippen LogP contribution in [-0.4, -0.2) is 21.8 Å². The standard InChI is InChI=1S/C18H16F3N3O2/c1-2-16-22-12-7-3-5-9-14(12)24(16)11-17(25)23-13-8-4-6-10-15(13)26-18(19,20)21/h3-10H,2,11H2,1H3,(H,23,25). The van der Waals surface area contributed by atoms with Gasteiger partial charge in [0.1, 0.15) is 12.4 Å². The van der Waals surface area contributed by atoms with E-state index in [1.54, 1.807) is 4.57 Å². The smallest absolute Gasteiger partial charge is 0.404 e. The van der Waals surface area contributed by atoms with E-state index in [0.717, 1.165) is 22.9 Å². The van der Waals surface area contributed by atoms with Crippen molar-refractivity contribution in [3.63, 3.8) is 0 Å². The lowest BCUT2D eigenvalue weighted by atomic mass is 10.3. The molecule has 26 heavy (non-hydrogen) atoms. The van der Waals surface area contributed by atoms with Gasteiger partial charge in [0.05, 0.1) is 16.7 Å². The Kier molecular flexibility index (Phi) is 4.83. The molecule has 3 aromatic rings. The minimum Gasteiger partial charge on any atom is -0.404 e. The maximum absolute atomic E-state index is 12.5. The van der Waals surface area contributed by atoms with Crippen LogP contribution >= 0.6 is 0 Å². The summed E-state index contributed by atoms with van der Waals surface area (Å²) in [6.07, 6.45) is -4.22. The van der Waals surface area contributed by atoms with Crippen molar-refractivity contribution in [2.75, 3.05) is 5.32 Å². The van der Waals surface area contributed by atoms with Gasteiger partial charge in [0.15, 0.2) is 5.75 Å². The molecule has 0 aliphatic carbocycles. The van der Waals surface area contributed by atoms with Gasteiger partial charge >= 0.3 is 6.36 Å². The number of anilines is 1. The first-order valence-electron chi connectivity index (χ1n) is 7.96.